The molecule has 2 N–H and O–H groups in total. The molecule has 1 aromatic carbocycles. The number of hydrogen-bond acceptors (Lipinski definition) is 7. The van der Waals surface area contributed by atoms with Gasteiger partial charge in [0.25, 0.3) is 0 Å². The Hall–Kier alpha value is -2.14. The largest absolute Gasteiger partial charge is 0.364 e. The molecule has 4 rings (SSSR count). The molecule has 2 unspecified atom stereocenters. The van der Waals surface area contributed by atoms with Gasteiger partial charge in [-0.3, -0.25) is 9.79 Å². The van der Waals surface area contributed by atoms with E-state index in [0.717, 1.165) is 10.7 Å². The highest BCUT2D eigenvalue weighted by Gasteiger charge is 2.42. The fourth-order valence-electron chi connectivity index (χ4n) is 4.02. The fourth-order valence-corrected chi connectivity index (χ4v) is 5.23. The summed E-state index contributed by atoms with van der Waals surface area (Å²) in [5.41, 5.74) is 2.13. The Morgan fingerprint density at radius 1 is 1.52 bits per heavy atom. The highest BCUT2D eigenvalue weighted by Crippen LogP contribution is 2.43. The molecule has 0 radical (unpaired) electrons. The summed E-state index contributed by atoms with van der Waals surface area (Å²) in [5, 5.41) is 16.5. The van der Waals surface area contributed by atoms with Crippen molar-refractivity contribution in [3.05, 3.63) is 61.9 Å². The zero-order chi connectivity index (χ0) is 22.1. The summed E-state index contributed by atoms with van der Waals surface area (Å²) in [5.74, 6) is 0.165. The van der Waals surface area contributed by atoms with Crippen LogP contribution in [-0.4, -0.2) is 52.2 Å². The molecule has 31 heavy (non-hydrogen) atoms. The smallest absolute Gasteiger partial charge is 0.217 e. The van der Waals surface area contributed by atoms with Crippen LogP contribution < -0.4 is 5.32 Å². The third-order valence-electron chi connectivity index (χ3n) is 5.18. The van der Waals surface area contributed by atoms with E-state index in [0.29, 0.717) is 41.0 Å². The number of aliphatic hydroxyl groups is 1. The second-order valence-corrected chi connectivity index (χ2v) is 9.03. The Balaban J connectivity index is 1.88. The number of amides is 1. The highest BCUT2D eigenvalue weighted by molar-refractivity contribution is 9.10. The van der Waals surface area contributed by atoms with Gasteiger partial charge in [0.1, 0.15) is 11.9 Å². The monoisotopic (exact) mass is 508 g/mol. The minimum Gasteiger partial charge on any atom is -0.364 e. The summed E-state index contributed by atoms with van der Waals surface area (Å²) in [6, 6.07) is 3.66. The first-order valence-electron chi connectivity index (χ1n) is 9.88. The molecule has 3 heterocycles. The van der Waals surface area contributed by atoms with E-state index < -0.39 is 12.3 Å². The average Bonchev–Trinajstić information content (AvgIpc) is 3.36. The van der Waals surface area contributed by atoms with E-state index >= 15 is 0 Å². The van der Waals surface area contributed by atoms with Gasteiger partial charge in [-0.05, 0) is 24.6 Å². The second kappa shape index (κ2) is 9.15. The number of rotatable bonds is 6. The van der Waals surface area contributed by atoms with Crippen LogP contribution in [0.25, 0.3) is 0 Å². The lowest BCUT2D eigenvalue weighted by atomic mass is 9.94. The van der Waals surface area contributed by atoms with Crippen molar-refractivity contribution in [3.8, 4) is 0 Å². The van der Waals surface area contributed by atoms with Crippen LogP contribution in [0, 0.1) is 5.82 Å². The molecule has 1 saturated heterocycles. The summed E-state index contributed by atoms with van der Waals surface area (Å²) >= 11 is 4.90. The molecule has 1 fully saturated rings. The Kier molecular flexibility index (Phi) is 6.52. The number of nitrogens with one attached hydrogen (secondary N) is 1. The van der Waals surface area contributed by atoms with Crippen LogP contribution in [0.5, 0.6) is 0 Å². The van der Waals surface area contributed by atoms with Crippen LogP contribution in [0.15, 0.2) is 50.5 Å². The first-order valence-corrected chi connectivity index (χ1v) is 11.6. The van der Waals surface area contributed by atoms with Crippen LogP contribution >= 0.6 is 27.3 Å². The number of halogens is 2. The minimum atomic E-state index is -1.19. The first kappa shape index (κ1) is 22.1. The van der Waals surface area contributed by atoms with Gasteiger partial charge in [0.15, 0.2) is 17.1 Å². The Labute approximate surface area is 191 Å². The van der Waals surface area contributed by atoms with E-state index in [2.05, 4.69) is 26.2 Å². The first-order chi connectivity index (χ1) is 14.9. The number of hydrogen-bond donors (Lipinski definition) is 2. The van der Waals surface area contributed by atoms with E-state index in [1.54, 1.807) is 19.2 Å². The lowest BCUT2D eigenvalue weighted by molar-refractivity contribution is -0.119. The van der Waals surface area contributed by atoms with E-state index in [1.807, 2.05) is 10.3 Å². The molecule has 0 bridgehead atoms. The van der Waals surface area contributed by atoms with E-state index in [4.69, 9.17) is 9.73 Å². The normalized spacial score (nSPS) is 21.7. The van der Waals surface area contributed by atoms with Gasteiger partial charge >= 0.3 is 0 Å². The topological polar surface area (TPSA) is 87.0 Å². The van der Waals surface area contributed by atoms with Crippen LogP contribution in [0.4, 0.5) is 4.39 Å². The molecule has 0 spiro atoms. The summed E-state index contributed by atoms with van der Waals surface area (Å²) in [7, 11) is 0. The number of amidine groups is 1. The number of benzene rings is 1. The van der Waals surface area contributed by atoms with Gasteiger partial charge in [-0.1, -0.05) is 22.0 Å². The fraction of sp³-hybridized carbons (Fsp3) is 0.381. The van der Waals surface area contributed by atoms with Gasteiger partial charge in [0, 0.05) is 53.8 Å². The van der Waals surface area contributed by atoms with Gasteiger partial charge < -0.3 is 20.1 Å². The maximum absolute atomic E-state index is 13.8. The van der Waals surface area contributed by atoms with E-state index in [1.165, 1.54) is 30.4 Å². The molecule has 0 aliphatic carbocycles. The molecule has 7 nitrogen and oxygen atoms in total. The molecule has 164 valence electrons. The number of aliphatic hydroxyl groups excluding tert-OH is 1. The van der Waals surface area contributed by atoms with Gasteiger partial charge in [0.2, 0.25) is 5.91 Å². The number of thiazole rings is 1. The van der Waals surface area contributed by atoms with Crippen molar-refractivity contribution >= 4 is 39.0 Å². The Bertz CT molecular complexity index is 1040. The number of fused-ring (bicyclic) bond motifs is 1. The number of carbonyl (C=O) groups is 1. The van der Waals surface area contributed by atoms with Gasteiger partial charge in [-0.25, -0.2) is 9.37 Å². The molecule has 2 aliphatic rings. The molecule has 1 amide bonds. The molecule has 0 saturated carbocycles. The number of aromatic nitrogens is 1. The number of aliphatic imine (C=N–C) groups is 1. The SMILES string of the molecule is CCOC(O)C1=C2CC(NC(C)=O)CN2C(c2nccs2)=N[C@H]1c1ccc(F)cc1Br. The number of carbonyl (C=O) groups excluding carboxylic acids is 1. The maximum atomic E-state index is 13.8. The zero-order valence-electron chi connectivity index (χ0n) is 17.0. The maximum Gasteiger partial charge on any atom is 0.217 e. The zero-order valence-corrected chi connectivity index (χ0v) is 19.4. The lowest BCUT2D eigenvalue weighted by Crippen LogP contribution is -2.39. The number of ether oxygens (including phenoxy) is 1. The Morgan fingerprint density at radius 3 is 2.97 bits per heavy atom. The van der Waals surface area contributed by atoms with Crippen LogP contribution in [-0.2, 0) is 9.53 Å². The van der Waals surface area contributed by atoms with Crippen LogP contribution in [0.1, 0.15) is 36.9 Å². The van der Waals surface area contributed by atoms with Crippen LogP contribution in [0.2, 0.25) is 0 Å². The minimum absolute atomic E-state index is 0.122. The standard InChI is InChI=1S/C21H22BrFN4O3S/c1-3-30-21(29)17-16-9-13(25-11(2)28)10-27(16)19(20-24-6-7-31-20)26-18(17)14-5-4-12(23)8-15(14)22/h4-8,13,18,21,29H,3,9-10H2,1-2H3,(H,25,28)/t13?,18-,21?/m0/s1. The summed E-state index contributed by atoms with van der Waals surface area (Å²) in [6.45, 7) is 4.10. The van der Waals surface area contributed by atoms with Crippen molar-refractivity contribution in [3.63, 3.8) is 0 Å². The van der Waals surface area contributed by atoms with Gasteiger partial charge in [-0.15, -0.1) is 11.3 Å². The third-order valence-corrected chi connectivity index (χ3v) is 6.64. The van der Waals surface area contributed by atoms with E-state index in [9.17, 15) is 14.3 Å². The van der Waals surface area contributed by atoms with Crippen molar-refractivity contribution in [2.45, 2.75) is 38.6 Å². The summed E-state index contributed by atoms with van der Waals surface area (Å²) < 4.78 is 19.9. The van der Waals surface area contributed by atoms with Crippen molar-refractivity contribution in [1.82, 2.24) is 15.2 Å². The van der Waals surface area contributed by atoms with Crippen molar-refractivity contribution < 1.29 is 19.0 Å². The molecule has 3 atom stereocenters. The van der Waals surface area contributed by atoms with Crippen molar-refractivity contribution in [1.29, 1.82) is 0 Å². The average molecular weight is 509 g/mol. The lowest BCUT2D eigenvalue weighted by Gasteiger charge is -2.34. The predicted octanol–water partition coefficient (Wildman–Crippen LogP) is 3.37. The second-order valence-electron chi connectivity index (χ2n) is 7.28. The third kappa shape index (κ3) is 4.43. The molecular weight excluding hydrogens is 487 g/mol. The quantitative estimate of drug-likeness (QED) is 0.584. The summed E-state index contributed by atoms with van der Waals surface area (Å²) in [4.78, 5) is 23.1. The van der Waals surface area contributed by atoms with Gasteiger partial charge in [-0.2, -0.15) is 0 Å². The van der Waals surface area contributed by atoms with Gasteiger partial charge in [0.05, 0.1) is 6.04 Å². The van der Waals surface area contributed by atoms with Crippen LogP contribution in [0.3, 0.4) is 0 Å². The van der Waals surface area contributed by atoms with E-state index in [-0.39, 0.29) is 17.8 Å². The van der Waals surface area contributed by atoms with Crippen molar-refractivity contribution in [2.75, 3.05) is 13.2 Å². The highest BCUT2D eigenvalue weighted by atomic mass is 79.9. The molecule has 1 aromatic heterocycles. The predicted molar refractivity (Wildman–Crippen MR) is 119 cm³/mol. The molecule has 2 aliphatic heterocycles. The summed E-state index contributed by atoms with van der Waals surface area (Å²) in [6.07, 6.45) is 1.03. The molecule has 10 heteroatoms. The van der Waals surface area contributed by atoms with Crippen molar-refractivity contribution in [2.24, 2.45) is 4.99 Å². The number of nitrogens with zero attached hydrogens (tertiary/aromatic N) is 3. The molecular formula is C21H22BrFN4O3S. The molecule has 2 aromatic rings. The Morgan fingerprint density at radius 2 is 2.32 bits per heavy atom.